The third-order valence-electron chi connectivity index (χ3n) is 1.26. The minimum Gasteiger partial charge on any atom is -1.00 e. The first-order valence-corrected chi connectivity index (χ1v) is 6.01. The second kappa shape index (κ2) is 5.25. The molecule has 0 radical (unpaired) electrons. The summed E-state index contributed by atoms with van der Waals surface area (Å²) in [7, 11) is 0.978. The largest absolute Gasteiger partial charge is 1.00 e. The van der Waals surface area contributed by atoms with Crippen molar-refractivity contribution in [1.29, 1.82) is 0 Å². The standard InChI is InChI=1S/C6H3Cl3O3S.Na.H/c7-3-1-4(8)6(10)5(2-3)13(9,11)12;;/h1-2,10H;;/q;+1;-1. The quantitative estimate of drug-likeness (QED) is 0.571. The SMILES string of the molecule is O=S(=O)(Cl)c1cc(Cl)cc(Cl)c1O.[H-].[Na+]. The third kappa shape index (κ3) is 3.45. The van der Waals surface area contributed by atoms with Crippen LogP contribution in [0.25, 0.3) is 0 Å². The zero-order valence-electron chi connectivity index (χ0n) is 7.96. The molecule has 0 unspecified atom stereocenters. The van der Waals surface area contributed by atoms with Crippen LogP contribution in [-0.2, 0) is 9.05 Å². The molecule has 0 fully saturated rings. The molecule has 0 atom stereocenters. The summed E-state index contributed by atoms with van der Waals surface area (Å²) in [5.41, 5.74) is 0. The summed E-state index contributed by atoms with van der Waals surface area (Å²) in [5, 5.41) is 9.13. The van der Waals surface area contributed by atoms with E-state index in [9.17, 15) is 13.5 Å². The second-order valence-corrected chi connectivity index (χ2v) is 5.55. The Bertz CT molecular complexity index is 451. The zero-order chi connectivity index (χ0) is 10.2. The molecule has 0 bridgehead atoms. The summed E-state index contributed by atoms with van der Waals surface area (Å²) in [5.74, 6) is -0.596. The van der Waals surface area contributed by atoms with E-state index in [1.165, 1.54) is 6.07 Å². The minimum absolute atomic E-state index is 0. The molecule has 8 heteroatoms. The molecule has 1 aromatic rings. The number of aromatic hydroxyl groups is 1. The molecule has 74 valence electrons. The molecule has 1 N–H and O–H groups in total. The number of phenols is 1. The average Bonchev–Trinajstić information content (AvgIpc) is 1.94. The van der Waals surface area contributed by atoms with Crippen molar-refractivity contribution in [3.8, 4) is 5.75 Å². The first-order valence-electron chi connectivity index (χ1n) is 2.95. The summed E-state index contributed by atoms with van der Waals surface area (Å²) in [6.07, 6.45) is 0. The van der Waals surface area contributed by atoms with Crippen molar-refractivity contribution in [2.75, 3.05) is 0 Å². The van der Waals surface area contributed by atoms with Gasteiger partial charge in [-0.05, 0) is 12.1 Å². The van der Waals surface area contributed by atoms with Crippen LogP contribution >= 0.6 is 33.9 Å². The van der Waals surface area contributed by atoms with Crippen LogP contribution in [0.2, 0.25) is 10.0 Å². The normalized spacial score (nSPS) is 10.8. The summed E-state index contributed by atoms with van der Waals surface area (Å²) in [6, 6.07) is 2.23. The van der Waals surface area contributed by atoms with E-state index in [1.807, 2.05) is 0 Å². The van der Waals surface area contributed by atoms with Crippen LogP contribution in [0.15, 0.2) is 17.0 Å². The van der Waals surface area contributed by atoms with E-state index in [1.54, 1.807) is 0 Å². The van der Waals surface area contributed by atoms with E-state index >= 15 is 0 Å². The molecule has 0 aliphatic heterocycles. The second-order valence-electron chi connectivity index (χ2n) is 2.17. The van der Waals surface area contributed by atoms with Gasteiger partial charge in [-0.2, -0.15) is 0 Å². The van der Waals surface area contributed by atoms with Crippen LogP contribution < -0.4 is 29.6 Å². The Hall–Kier alpha value is 0.840. The van der Waals surface area contributed by atoms with Crippen molar-refractivity contribution in [2.45, 2.75) is 4.90 Å². The number of phenolic OH excluding ortho intramolecular Hbond substituents is 1. The number of halogens is 3. The fraction of sp³-hybridized carbons (Fsp3) is 0. The Kier molecular flexibility index (Phi) is 5.57. The van der Waals surface area contributed by atoms with Gasteiger partial charge in [0.1, 0.15) is 4.90 Å². The average molecular weight is 286 g/mol. The molecule has 14 heavy (non-hydrogen) atoms. The molecule has 0 saturated carbocycles. The molecule has 1 aromatic carbocycles. The molecular weight excluding hydrogens is 281 g/mol. The maximum atomic E-state index is 10.8. The first-order chi connectivity index (χ1) is 5.82. The van der Waals surface area contributed by atoms with Crippen LogP contribution in [-0.4, -0.2) is 13.5 Å². The number of hydrogen-bond donors (Lipinski definition) is 1. The van der Waals surface area contributed by atoms with E-state index in [2.05, 4.69) is 0 Å². The van der Waals surface area contributed by atoms with E-state index in [0.29, 0.717) is 0 Å². The number of hydrogen-bond acceptors (Lipinski definition) is 3. The van der Waals surface area contributed by atoms with E-state index in [-0.39, 0.29) is 41.0 Å². The Morgan fingerprint density at radius 3 is 2.21 bits per heavy atom. The van der Waals surface area contributed by atoms with Gasteiger partial charge in [0.25, 0.3) is 9.05 Å². The Morgan fingerprint density at radius 2 is 1.79 bits per heavy atom. The topological polar surface area (TPSA) is 54.4 Å². The van der Waals surface area contributed by atoms with E-state index in [0.717, 1.165) is 6.07 Å². The number of benzene rings is 1. The maximum absolute atomic E-state index is 10.8. The van der Waals surface area contributed by atoms with Crippen molar-refractivity contribution >= 4 is 42.9 Å². The van der Waals surface area contributed by atoms with Gasteiger partial charge in [-0.3, -0.25) is 0 Å². The van der Waals surface area contributed by atoms with Crippen LogP contribution in [0.4, 0.5) is 0 Å². The molecule has 0 amide bonds. The smallest absolute Gasteiger partial charge is 1.00 e. The predicted octanol–water partition coefficient (Wildman–Crippen LogP) is -0.257. The van der Waals surface area contributed by atoms with E-state index < -0.39 is 19.7 Å². The van der Waals surface area contributed by atoms with Crippen molar-refractivity contribution in [2.24, 2.45) is 0 Å². The molecule has 0 aliphatic carbocycles. The molecule has 0 heterocycles. The molecule has 0 aromatic heterocycles. The minimum atomic E-state index is -4.03. The molecule has 0 aliphatic rings. The molecule has 0 spiro atoms. The summed E-state index contributed by atoms with van der Waals surface area (Å²) in [4.78, 5) is -0.494. The Balaban J connectivity index is 0. The van der Waals surface area contributed by atoms with Gasteiger partial charge in [-0.1, -0.05) is 23.2 Å². The van der Waals surface area contributed by atoms with Gasteiger partial charge >= 0.3 is 29.6 Å². The van der Waals surface area contributed by atoms with Gasteiger partial charge in [-0.25, -0.2) is 8.42 Å². The van der Waals surface area contributed by atoms with Gasteiger partial charge in [0.15, 0.2) is 5.75 Å². The van der Waals surface area contributed by atoms with Gasteiger partial charge in [0.05, 0.1) is 5.02 Å². The molecule has 0 saturated heterocycles. The Labute approximate surface area is 119 Å². The molecule has 1 rings (SSSR count). The predicted molar refractivity (Wildman–Crippen MR) is 52.3 cm³/mol. The third-order valence-corrected chi connectivity index (χ3v) is 3.10. The molecule has 3 nitrogen and oxygen atoms in total. The maximum Gasteiger partial charge on any atom is 1.00 e. The summed E-state index contributed by atoms with van der Waals surface area (Å²) < 4.78 is 21.7. The van der Waals surface area contributed by atoms with Gasteiger partial charge in [-0.15, -0.1) is 0 Å². The van der Waals surface area contributed by atoms with Crippen molar-refractivity contribution < 1.29 is 44.5 Å². The zero-order valence-corrected chi connectivity index (χ0v) is 12.0. The van der Waals surface area contributed by atoms with E-state index in [4.69, 9.17) is 33.9 Å². The fourth-order valence-electron chi connectivity index (χ4n) is 0.728. The number of rotatable bonds is 1. The fourth-order valence-corrected chi connectivity index (χ4v) is 2.30. The van der Waals surface area contributed by atoms with Crippen LogP contribution in [0, 0.1) is 0 Å². The van der Waals surface area contributed by atoms with Crippen LogP contribution in [0.3, 0.4) is 0 Å². The summed E-state index contributed by atoms with van der Waals surface area (Å²) in [6.45, 7) is 0. The van der Waals surface area contributed by atoms with Crippen molar-refractivity contribution in [1.82, 2.24) is 0 Å². The Morgan fingerprint density at radius 1 is 1.29 bits per heavy atom. The van der Waals surface area contributed by atoms with Crippen LogP contribution in [0.1, 0.15) is 1.43 Å². The summed E-state index contributed by atoms with van der Waals surface area (Å²) >= 11 is 11.0. The van der Waals surface area contributed by atoms with Gasteiger partial charge in [0, 0.05) is 15.7 Å². The van der Waals surface area contributed by atoms with Crippen molar-refractivity contribution in [3.63, 3.8) is 0 Å². The van der Waals surface area contributed by atoms with Gasteiger partial charge < -0.3 is 6.53 Å². The molecular formula is C6H4Cl3NaO3S. The van der Waals surface area contributed by atoms with Crippen LogP contribution in [0.5, 0.6) is 5.75 Å². The van der Waals surface area contributed by atoms with Crippen molar-refractivity contribution in [3.05, 3.63) is 22.2 Å². The first kappa shape index (κ1) is 14.8. The monoisotopic (exact) mass is 284 g/mol. The van der Waals surface area contributed by atoms with Gasteiger partial charge in [0.2, 0.25) is 0 Å².